The van der Waals surface area contributed by atoms with Crippen LogP contribution < -0.4 is 5.73 Å². The van der Waals surface area contributed by atoms with Crippen LogP contribution in [0, 0.1) is 3.57 Å². The summed E-state index contributed by atoms with van der Waals surface area (Å²) in [6.07, 6.45) is 0. The summed E-state index contributed by atoms with van der Waals surface area (Å²) >= 11 is 13.7. The summed E-state index contributed by atoms with van der Waals surface area (Å²) in [6.45, 7) is 0. The van der Waals surface area contributed by atoms with Crippen molar-refractivity contribution in [1.29, 1.82) is 0 Å². The van der Waals surface area contributed by atoms with E-state index in [9.17, 15) is 0 Å². The molecule has 1 atom stereocenters. The SMILES string of the molecule is NC(c1ccc(I)c(Cl)c1)c1csc2c(Br)cccc12. The minimum Gasteiger partial charge on any atom is -0.320 e. The van der Waals surface area contributed by atoms with E-state index in [1.165, 1.54) is 10.1 Å². The van der Waals surface area contributed by atoms with E-state index in [2.05, 4.69) is 56.0 Å². The largest absolute Gasteiger partial charge is 0.320 e. The minimum atomic E-state index is -0.160. The van der Waals surface area contributed by atoms with Gasteiger partial charge in [-0.15, -0.1) is 11.3 Å². The third-order valence-corrected chi connectivity index (χ3v) is 6.76. The molecule has 0 aliphatic rings. The van der Waals surface area contributed by atoms with Gasteiger partial charge in [0.15, 0.2) is 0 Å². The number of benzene rings is 2. The Morgan fingerprint density at radius 3 is 2.80 bits per heavy atom. The van der Waals surface area contributed by atoms with Crippen molar-refractivity contribution in [2.45, 2.75) is 6.04 Å². The fraction of sp³-hybridized carbons (Fsp3) is 0.0667. The van der Waals surface area contributed by atoms with Crippen molar-refractivity contribution >= 4 is 71.5 Å². The van der Waals surface area contributed by atoms with Crippen LogP contribution in [0.3, 0.4) is 0 Å². The van der Waals surface area contributed by atoms with Crippen molar-refractivity contribution in [3.63, 3.8) is 0 Å². The van der Waals surface area contributed by atoms with Gasteiger partial charge in [0.25, 0.3) is 0 Å². The highest BCUT2D eigenvalue weighted by Gasteiger charge is 2.15. The first-order valence-electron chi connectivity index (χ1n) is 5.94. The molecule has 2 aromatic carbocycles. The number of nitrogens with two attached hydrogens (primary N) is 1. The fourth-order valence-corrected chi connectivity index (χ4v) is 4.35. The first kappa shape index (κ1) is 14.8. The normalized spacial score (nSPS) is 12.8. The molecule has 0 saturated heterocycles. The summed E-state index contributed by atoms with van der Waals surface area (Å²) in [4.78, 5) is 0. The molecule has 0 spiro atoms. The Morgan fingerprint density at radius 2 is 2.05 bits per heavy atom. The highest BCUT2D eigenvalue weighted by Crippen LogP contribution is 2.37. The van der Waals surface area contributed by atoms with Gasteiger partial charge in [0, 0.05) is 12.7 Å². The minimum absolute atomic E-state index is 0.160. The second-order valence-corrected chi connectivity index (χ2v) is 7.76. The third kappa shape index (κ3) is 2.64. The molecule has 2 N–H and O–H groups in total. The maximum absolute atomic E-state index is 6.43. The Balaban J connectivity index is 2.10. The van der Waals surface area contributed by atoms with Crippen molar-refractivity contribution < 1.29 is 0 Å². The van der Waals surface area contributed by atoms with Crippen LogP contribution in [-0.4, -0.2) is 0 Å². The summed E-state index contributed by atoms with van der Waals surface area (Å²) in [6, 6.07) is 12.0. The number of hydrogen-bond acceptors (Lipinski definition) is 2. The number of hydrogen-bond donors (Lipinski definition) is 1. The lowest BCUT2D eigenvalue weighted by atomic mass is 9.99. The highest BCUT2D eigenvalue weighted by atomic mass is 127. The highest BCUT2D eigenvalue weighted by molar-refractivity contribution is 14.1. The van der Waals surface area contributed by atoms with Crippen LogP contribution in [0.15, 0.2) is 46.3 Å². The van der Waals surface area contributed by atoms with E-state index in [1.54, 1.807) is 11.3 Å². The van der Waals surface area contributed by atoms with Crippen molar-refractivity contribution in [3.8, 4) is 0 Å². The lowest BCUT2D eigenvalue weighted by molar-refractivity contribution is 0.884. The predicted octanol–water partition coefficient (Wildman–Crippen LogP) is 5.97. The Bertz CT molecular complexity index is 787. The molecule has 3 aromatic rings. The monoisotopic (exact) mass is 477 g/mol. The van der Waals surface area contributed by atoms with E-state index in [0.29, 0.717) is 0 Å². The van der Waals surface area contributed by atoms with Gasteiger partial charge in [-0.05, 0) is 78.6 Å². The van der Waals surface area contributed by atoms with Gasteiger partial charge in [-0.2, -0.15) is 0 Å². The van der Waals surface area contributed by atoms with Crippen LogP contribution in [-0.2, 0) is 0 Å². The number of rotatable bonds is 2. The molecule has 1 unspecified atom stereocenters. The van der Waals surface area contributed by atoms with Crippen LogP contribution in [0.5, 0.6) is 0 Å². The van der Waals surface area contributed by atoms with Gasteiger partial charge in [0.2, 0.25) is 0 Å². The molecule has 1 aromatic heterocycles. The molecule has 0 saturated carbocycles. The molecule has 102 valence electrons. The summed E-state index contributed by atoms with van der Waals surface area (Å²) in [5.74, 6) is 0. The zero-order chi connectivity index (χ0) is 14.3. The van der Waals surface area contributed by atoms with Crippen molar-refractivity contribution in [2.75, 3.05) is 0 Å². The summed E-state index contributed by atoms with van der Waals surface area (Å²) in [5, 5.41) is 4.08. The smallest absolute Gasteiger partial charge is 0.0566 e. The summed E-state index contributed by atoms with van der Waals surface area (Å²) in [5.41, 5.74) is 8.61. The van der Waals surface area contributed by atoms with E-state index in [1.807, 2.05) is 24.3 Å². The predicted molar refractivity (Wildman–Crippen MR) is 99.7 cm³/mol. The maximum atomic E-state index is 6.43. The van der Waals surface area contributed by atoms with Gasteiger partial charge >= 0.3 is 0 Å². The zero-order valence-electron chi connectivity index (χ0n) is 10.2. The van der Waals surface area contributed by atoms with E-state index in [0.717, 1.165) is 24.2 Å². The van der Waals surface area contributed by atoms with E-state index >= 15 is 0 Å². The first-order valence-corrected chi connectivity index (χ1v) is 9.07. The summed E-state index contributed by atoms with van der Waals surface area (Å²) < 4.78 is 3.38. The average Bonchev–Trinajstić information content (AvgIpc) is 2.86. The van der Waals surface area contributed by atoms with Gasteiger partial charge in [-0.25, -0.2) is 0 Å². The number of thiophene rings is 1. The second-order valence-electron chi connectivity index (χ2n) is 4.46. The number of halogens is 3. The Labute approximate surface area is 148 Å². The van der Waals surface area contributed by atoms with E-state index in [-0.39, 0.29) is 6.04 Å². The quantitative estimate of drug-likeness (QED) is 0.451. The molecule has 3 rings (SSSR count). The molecule has 0 aliphatic carbocycles. The molecule has 1 heterocycles. The lowest BCUT2D eigenvalue weighted by Gasteiger charge is -2.12. The molecule has 0 fully saturated rings. The fourth-order valence-electron chi connectivity index (χ4n) is 2.17. The Kier molecular flexibility index (Phi) is 4.38. The molecule has 0 amide bonds. The Morgan fingerprint density at radius 1 is 1.25 bits per heavy atom. The van der Waals surface area contributed by atoms with Crippen molar-refractivity contribution in [2.24, 2.45) is 5.73 Å². The maximum Gasteiger partial charge on any atom is 0.0566 e. The van der Waals surface area contributed by atoms with Crippen LogP contribution in [0.25, 0.3) is 10.1 Å². The number of fused-ring (bicyclic) bond motifs is 1. The molecular formula is C15H10BrClINS. The molecular weight excluding hydrogens is 469 g/mol. The molecule has 5 heteroatoms. The van der Waals surface area contributed by atoms with Gasteiger partial charge in [0.05, 0.1) is 11.1 Å². The molecule has 20 heavy (non-hydrogen) atoms. The van der Waals surface area contributed by atoms with Gasteiger partial charge in [0.1, 0.15) is 0 Å². The van der Waals surface area contributed by atoms with Gasteiger partial charge in [-0.3, -0.25) is 0 Å². The van der Waals surface area contributed by atoms with Crippen LogP contribution in [0.2, 0.25) is 5.02 Å². The van der Waals surface area contributed by atoms with Crippen molar-refractivity contribution in [1.82, 2.24) is 0 Å². The molecule has 1 nitrogen and oxygen atoms in total. The van der Waals surface area contributed by atoms with Gasteiger partial charge in [-0.1, -0.05) is 29.8 Å². The van der Waals surface area contributed by atoms with Crippen LogP contribution in [0.1, 0.15) is 17.2 Å². The zero-order valence-corrected chi connectivity index (χ0v) is 15.6. The van der Waals surface area contributed by atoms with E-state index in [4.69, 9.17) is 17.3 Å². The summed E-state index contributed by atoms with van der Waals surface area (Å²) in [7, 11) is 0. The van der Waals surface area contributed by atoms with Crippen LogP contribution in [0.4, 0.5) is 0 Å². The molecule has 0 radical (unpaired) electrons. The van der Waals surface area contributed by atoms with E-state index < -0.39 is 0 Å². The molecule has 0 aliphatic heterocycles. The topological polar surface area (TPSA) is 26.0 Å². The lowest BCUT2D eigenvalue weighted by Crippen LogP contribution is -2.11. The third-order valence-electron chi connectivity index (χ3n) is 3.22. The van der Waals surface area contributed by atoms with Crippen LogP contribution >= 0.6 is 61.5 Å². The van der Waals surface area contributed by atoms with Gasteiger partial charge < -0.3 is 5.73 Å². The second kappa shape index (κ2) is 5.93. The molecule has 0 bridgehead atoms. The Hall–Kier alpha value is -0.140. The first-order chi connectivity index (χ1) is 9.58. The average molecular weight is 479 g/mol. The standard InChI is InChI=1S/C15H10BrClINS/c16-11-3-1-2-9-10(7-20-15(9)11)14(19)8-4-5-13(18)12(17)6-8/h1-7,14H,19H2. The van der Waals surface area contributed by atoms with Crippen molar-refractivity contribution in [3.05, 3.63) is 66.0 Å².